The fourth-order valence-corrected chi connectivity index (χ4v) is 5.76. The van der Waals surface area contributed by atoms with E-state index in [0.717, 1.165) is 12.8 Å². The molecule has 7 heteroatoms. The van der Waals surface area contributed by atoms with Gasteiger partial charge < -0.3 is 14.2 Å². The third kappa shape index (κ3) is 3.16. The number of nitrogens with zero attached hydrogens (tertiary/aromatic N) is 1. The lowest BCUT2D eigenvalue weighted by Crippen LogP contribution is -2.52. The van der Waals surface area contributed by atoms with Gasteiger partial charge in [0.25, 0.3) is 0 Å². The van der Waals surface area contributed by atoms with Crippen LogP contribution in [0.25, 0.3) is 0 Å². The second-order valence-electron chi connectivity index (χ2n) is 6.46. The number of aliphatic carboxylic acids is 1. The smallest absolute Gasteiger partial charge is 0.361 e. The number of rotatable bonds is 6. The van der Waals surface area contributed by atoms with Crippen LogP contribution in [0.4, 0.5) is 0 Å². The number of carboxylic acids is 1. The zero-order valence-electron chi connectivity index (χ0n) is 14.0. The topological polar surface area (TPSA) is 76.1 Å². The van der Waals surface area contributed by atoms with Gasteiger partial charge in [-0.25, -0.2) is 0 Å². The number of piperidine rings is 1. The highest BCUT2D eigenvalue weighted by Gasteiger charge is 2.51. The highest BCUT2D eigenvalue weighted by atomic mass is 31.2. The molecule has 2 heterocycles. The summed E-state index contributed by atoms with van der Waals surface area (Å²) in [4.78, 5) is 14.0. The molecule has 1 N–H and O–H groups in total. The Morgan fingerprint density at radius 1 is 1.33 bits per heavy atom. The Bertz CT molecular complexity index is 637. The van der Waals surface area contributed by atoms with Gasteiger partial charge in [0.15, 0.2) is 0 Å². The second kappa shape index (κ2) is 6.96. The molecule has 1 aromatic rings. The summed E-state index contributed by atoms with van der Waals surface area (Å²) in [6.45, 7) is 2.00. The van der Waals surface area contributed by atoms with Gasteiger partial charge in [-0.2, -0.15) is 0 Å². The first-order valence-electron chi connectivity index (χ1n) is 8.39. The Labute approximate surface area is 142 Å². The molecule has 0 spiro atoms. The summed E-state index contributed by atoms with van der Waals surface area (Å²) >= 11 is 0. The van der Waals surface area contributed by atoms with Crippen molar-refractivity contribution in [2.75, 3.05) is 13.7 Å². The Kier molecular flexibility index (Phi) is 5.11. The zero-order chi connectivity index (χ0) is 17.3. The second-order valence-corrected chi connectivity index (χ2v) is 8.44. The molecular weight excluding hydrogens is 329 g/mol. The molecule has 0 aliphatic carbocycles. The molecule has 5 atom stereocenters. The monoisotopic (exact) mass is 353 g/mol. The van der Waals surface area contributed by atoms with Gasteiger partial charge in [0.2, 0.25) is 0 Å². The number of benzene rings is 1. The molecule has 1 aromatic carbocycles. The summed E-state index contributed by atoms with van der Waals surface area (Å²) in [5, 5.41) is 10.2. The SMILES string of the molecule is CCOP(=O)(O[C@H]1C[C@@H]2CC[C@H]([C@H]1C(=O)O)N2C)c1ccccc1. The van der Waals surface area contributed by atoms with Crippen LogP contribution in [0.1, 0.15) is 26.2 Å². The minimum atomic E-state index is -3.54. The van der Waals surface area contributed by atoms with Crippen molar-refractivity contribution in [3.63, 3.8) is 0 Å². The fraction of sp³-hybridized carbons (Fsp3) is 0.588. The molecule has 1 unspecified atom stereocenters. The number of carbonyl (C=O) groups is 1. The number of fused-ring (bicyclic) bond motifs is 2. The van der Waals surface area contributed by atoms with Crippen LogP contribution in [0.2, 0.25) is 0 Å². The Hall–Kier alpha value is -1.20. The maximum atomic E-state index is 13.3. The van der Waals surface area contributed by atoms with E-state index in [4.69, 9.17) is 9.05 Å². The van der Waals surface area contributed by atoms with Crippen molar-refractivity contribution in [1.29, 1.82) is 0 Å². The molecule has 2 fully saturated rings. The lowest BCUT2D eigenvalue weighted by Gasteiger charge is -2.41. The predicted molar refractivity (Wildman–Crippen MR) is 90.5 cm³/mol. The molecule has 0 radical (unpaired) electrons. The molecule has 132 valence electrons. The molecule has 2 bridgehead atoms. The summed E-state index contributed by atoms with van der Waals surface area (Å²) < 4.78 is 24.7. The van der Waals surface area contributed by atoms with Gasteiger partial charge in [-0.1, -0.05) is 18.2 Å². The average molecular weight is 353 g/mol. The van der Waals surface area contributed by atoms with E-state index in [0.29, 0.717) is 11.7 Å². The Balaban J connectivity index is 1.89. The molecule has 0 aromatic heterocycles. The van der Waals surface area contributed by atoms with Crippen molar-refractivity contribution in [2.24, 2.45) is 5.92 Å². The van der Waals surface area contributed by atoms with Crippen molar-refractivity contribution >= 4 is 18.9 Å². The van der Waals surface area contributed by atoms with Gasteiger partial charge in [-0.15, -0.1) is 0 Å². The van der Waals surface area contributed by atoms with E-state index in [-0.39, 0.29) is 18.7 Å². The highest BCUT2D eigenvalue weighted by Crippen LogP contribution is 2.52. The lowest BCUT2D eigenvalue weighted by atomic mass is 9.88. The minimum absolute atomic E-state index is 0.0721. The zero-order valence-corrected chi connectivity index (χ0v) is 14.9. The average Bonchev–Trinajstić information content (AvgIpc) is 2.79. The molecule has 2 aliphatic rings. The summed E-state index contributed by atoms with van der Waals surface area (Å²) in [6, 6.07) is 8.99. The summed E-state index contributed by atoms with van der Waals surface area (Å²) in [5.74, 6) is -1.58. The van der Waals surface area contributed by atoms with Gasteiger partial charge in [0.1, 0.15) is 0 Å². The summed E-state index contributed by atoms with van der Waals surface area (Å²) in [7, 11) is -1.58. The van der Waals surface area contributed by atoms with E-state index < -0.39 is 25.6 Å². The largest absolute Gasteiger partial charge is 0.481 e. The van der Waals surface area contributed by atoms with Gasteiger partial charge in [-0.05, 0) is 45.4 Å². The third-order valence-corrected chi connectivity index (χ3v) is 7.22. The summed E-state index contributed by atoms with van der Waals surface area (Å²) in [6.07, 6.45) is 1.75. The third-order valence-electron chi connectivity index (χ3n) is 5.15. The van der Waals surface area contributed by atoms with Crippen LogP contribution in [-0.4, -0.2) is 47.8 Å². The molecule has 6 nitrogen and oxygen atoms in total. The Morgan fingerprint density at radius 2 is 2.04 bits per heavy atom. The number of carboxylic acid groups (broad SMARTS) is 1. The maximum absolute atomic E-state index is 13.3. The molecule has 3 rings (SSSR count). The van der Waals surface area contributed by atoms with E-state index >= 15 is 0 Å². The molecular formula is C17H24NO5P. The van der Waals surface area contributed by atoms with Crippen LogP contribution >= 0.6 is 7.60 Å². The van der Waals surface area contributed by atoms with E-state index in [1.54, 1.807) is 31.2 Å². The first kappa shape index (κ1) is 17.6. The van der Waals surface area contributed by atoms with E-state index in [2.05, 4.69) is 4.90 Å². The van der Waals surface area contributed by atoms with Crippen molar-refractivity contribution in [3.8, 4) is 0 Å². The minimum Gasteiger partial charge on any atom is -0.481 e. The van der Waals surface area contributed by atoms with Gasteiger partial charge >= 0.3 is 13.6 Å². The van der Waals surface area contributed by atoms with Crippen LogP contribution in [0.5, 0.6) is 0 Å². The fourth-order valence-electron chi connectivity index (χ4n) is 3.98. The lowest BCUT2D eigenvalue weighted by molar-refractivity contribution is -0.150. The van der Waals surface area contributed by atoms with Crippen LogP contribution in [0.3, 0.4) is 0 Å². The van der Waals surface area contributed by atoms with Gasteiger partial charge in [0.05, 0.1) is 23.9 Å². The molecule has 0 amide bonds. The van der Waals surface area contributed by atoms with Crippen molar-refractivity contribution in [3.05, 3.63) is 30.3 Å². The first-order valence-corrected chi connectivity index (χ1v) is 9.94. The van der Waals surface area contributed by atoms with Crippen LogP contribution in [-0.2, 0) is 18.4 Å². The standard InChI is InChI=1S/C17H24NO5P/c1-3-22-24(21,13-7-5-4-6-8-13)23-15-11-12-9-10-14(18(12)2)16(15)17(19)20/h4-8,12,14-16H,3,9-11H2,1-2H3,(H,19,20)/t12-,14+,15-,16+,24?/m0/s1. The van der Waals surface area contributed by atoms with E-state index in [9.17, 15) is 14.5 Å². The first-order chi connectivity index (χ1) is 11.5. The van der Waals surface area contributed by atoms with E-state index in [1.807, 2.05) is 13.1 Å². The maximum Gasteiger partial charge on any atom is 0.361 e. The summed E-state index contributed by atoms with van der Waals surface area (Å²) in [5.41, 5.74) is 0. The quantitative estimate of drug-likeness (QED) is 0.792. The normalized spacial score (nSPS) is 32.4. The van der Waals surface area contributed by atoms with E-state index in [1.165, 1.54) is 0 Å². The van der Waals surface area contributed by atoms with Crippen LogP contribution < -0.4 is 5.30 Å². The van der Waals surface area contributed by atoms with Crippen molar-refractivity contribution in [1.82, 2.24) is 4.90 Å². The van der Waals surface area contributed by atoms with Crippen molar-refractivity contribution < 1.29 is 23.5 Å². The molecule has 24 heavy (non-hydrogen) atoms. The molecule has 0 saturated carbocycles. The predicted octanol–water partition coefficient (Wildman–Crippen LogP) is 2.49. The van der Waals surface area contributed by atoms with Gasteiger partial charge in [-0.3, -0.25) is 14.3 Å². The van der Waals surface area contributed by atoms with Crippen LogP contribution in [0.15, 0.2) is 30.3 Å². The number of hydrogen-bond donors (Lipinski definition) is 1. The van der Waals surface area contributed by atoms with Gasteiger partial charge in [0, 0.05) is 12.1 Å². The highest BCUT2D eigenvalue weighted by molar-refractivity contribution is 7.62. The molecule has 2 saturated heterocycles. The molecule has 2 aliphatic heterocycles. The Morgan fingerprint density at radius 3 is 2.67 bits per heavy atom. The number of hydrogen-bond acceptors (Lipinski definition) is 5. The van der Waals surface area contributed by atoms with Crippen LogP contribution in [0, 0.1) is 5.92 Å². The van der Waals surface area contributed by atoms with Crippen molar-refractivity contribution in [2.45, 2.75) is 44.4 Å².